The lowest BCUT2D eigenvalue weighted by Crippen LogP contribution is -2.17. The Morgan fingerprint density at radius 1 is 1.45 bits per heavy atom. The van der Waals surface area contributed by atoms with Gasteiger partial charge in [-0.05, 0) is 31.9 Å². The quantitative estimate of drug-likeness (QED) is 0.707. The van der Waals surface area contributed by atoms with Crippen molar-refractivity contribution >= 4 is 17.6 Å². The zero-order chi connectivity index (χ0) is 15.1. The third kappa shape index (κ3) is 4.89. The number of aromatic carboxylic acids is 1. The van der Waals surface area contributed by atoms with Crippen molar-refractivity contribution in [3.63, 3.8) is 0 Å². The van der Waals surface area contributed by atoms with Crippen molar-refractivity contribution in [3.8, 4) is 5.75 Å². The molecule has 1 amide bonds. The molecular weight excluding hydrogens is 260 g/mol. The molecule has 0 spiro atoms. The SMILES string of the molecule is COc1cc(NC(=O)CCCC(C)N)ccc1C(=O)O. The second-order valence-corrected chi connectivity index (χ2v) is 4.64. The van der Waals surface area contributed by atoms with E-state index in [4.69, 9.17) is 15.6 Å². The number of carboxylic acids is 1. The maximum atomic E-state index is 11.7. The number of amides is 1. The van der Waals surface area contributed by atoms with E-state index in [1.165, 1.54) is 25.3 Å². The molecule has 0 fully saturated rings. The Bertz CT molecular complexity index is 486. The van der Waals surface area contributed by atoms with Gasteiger partial charge in [-0.1, -0.05) is 0 Å². The molecule has 110 valence electrons. The molecule has 0 radical (unpaired) electrons. The van der Waals surface area contributed by atoms with Crippen LogP contribution in [0.1, 0.15) is 36.5 Å². The van der Waals surface area contributed by atoms with E-state index in [1.54, 1.807) is 0 Å². The maximum absolute atomic E-state index is 11.7. The minimum Gasteiger partial charge on any atom is -0.496 e. The fourth-order valence-electron chi connectivity index (χ4n) is 1.75. The molecule has 0 aliphatic rings. The van der Waals surface area contributed by atoms with Crippen molar-refractivity contribution in [1.82, 2.24) is 0 Å². The number of rotatable bonds is 7. The Labute approximate surface area is 117 Å². The Kier molecular flexibility index (Phi) is 5.99. The number of carboxylic acid groups (broad SMARTS) is 1. The Hall–Kier alpha value is -2.08. The molecule has 0 saturated carbocycles. The van der Waals surface area contributed by atoms with E-state index in [2.05, 4.69) is 5.32 Å². The minimum atomic E-state index is -1.07. The number of nitrogens with two attached hydrogens (primary N) is 1. The van der Waals surface area contributed by atoms with Crippen LogP contribution < -0.4 is 15.8 Å². The van der Waals surface area contributed by atoms with Gasteiger partial charge in [0.25, 0.3) is 0 Å². The molecule has 1 unspecified atom stereocenters. The monoisotopic (exact) mass is 280 g/mol. The summed E-state index contributed by atoms with van der Waals surface area (Å²) in [5, 5.41) is 11.7. The number of anilines is 1. The van der Waals surface area contributed by atoms with Gasteiger partial charge in [-0.2, -0.15) is 0 Å². The minimum absolute atomic E-state index is 0.0578. The predicted octanol–water partition coefficient (Wildman–Crippen LogP) is 1.85. The summed E-state index contributed by atoms with van der Waals surface area (Å²) in [7, 11) is 1.38. The number of benzene rings is 1. The highest BCUT2D eigenvalue weighted by Crippen LogP contribution is 2.23. The number of carbonyl (C=O) groups excluding carboxylic acids is 1. The fraction of sp³-hybridized carbons (Fsp3) is 0.429. The molecule has 6 heteroatoms. The zero-order valence-electron chi connectivity index (χ0n) is 11.7. The third-order valence-electron chi connectivity index (χ3n) is 2.78. The number of carbonyl (C=O) groups is 2. The Balaban J connectivity index is 2.64. The van der Waals surface area contributed by atoms with Gasteiger partial charge >= 0.3 is 5.97 Å². The Morgan fingerprint density at radius 3 is 2.70 bits per heavy atom. The average Bonchev–Trinajstić information content (AvgIpc) is 2.37. The molecular formula is C14H20N2O4. The molecule has 20 heavy (non-hydrogen) atoms. The van der Waals surface area contributed by atoms with Crippen LogP contribution in [-0.4, -0.2) is 30.1 Å². The predicted molar refractivity (Wildman–Crippen MR) is 76.1 cm³/mol. The van der Waals surface area contributed by atoms with Crippen LogP contribution in [0.2, 0.25) is 0 Å². The Morgan fingerprint density at radius 2 is 2.15 bits per heavy atom. The molecule has 1 aromatic rings. The van der Waals surface area contributed by atoms with Crippen molar-refractivity contribution in [3.05, 3.63) is 23.8 Å². The molecule has 1 aromatic carbocycles. The zero-order valence-corrected chi connectivity index (χ0v) is 11.7. The van der Waals surface area contributed by atoms with E-state index >= 15 is 0 Å². The van der Waals surface area contributed by atoms with Gasteiger partial charge in [0.05, 0.1) is 7.11 Å². The van der Waals surface area contributed by atoms with E-state index in [0.29, 0.717) is 18.5 Å². The van der Waals surface area contributed by atoms with Gasteiger partial charge in [0.15, 0.2) is 0 Å². The molecule has 1 atom stereocenters. The highest BCUT2D eigenvalue weighted by molar-refractivity contribution is 5.94. The molecule has 0 heterocycles. The molecule has 1 rings (SSSR count). The first kappa shape index (κ1) is 16.0. The molecule has 0 bridgehead atoms. The van der Waals surface area contributed by atoms with Crippen LogP contribution in [0.5, 0.6) is 5.75 Å². The van der Waals surface area contributed by atoms with Gasteiger partial charge in [-0.15, -0.1) is 0 Å². The summed E-state index contributed by atoms with van der Waals surface area (Å²) >= 11 is 0. The fourth-order valence-corrected chi connectivity index (χ4v) is 1.75. The first-order valence-corrected chi connectivity index (χ1v) is 6.40. The lowest BCUT2D eigenvalue weighted by molar-refractivity contribution is -0.116. The maximum Gasteiger partial charge on any atom is 0.339 e. The third-order valence-corrected chi connectivity index (χ3v) is 2.78. The van der Waals surface area contributed by atoms with Gasteiger partial charge in [0.2, 0.25) is 5.91 Å². The second kappa shape index (κ2) is 7.49. The van der Waals surface area contributed by atoms with Crippen molar-refractivity contribution in [2.45, 2.75) is 32.2 Å². The summed E-state index contributed by atoms with van der Waals surface area (Å²) in [5.41, 5.74) is 6.18. The molecule has 0 aliphatic carbocycles. The van der Waals surface area contributed by atoms with Gasteiger partial charge < -0.3 is 20.9 Å². The topological polar surface area (TPSA) is 102 Å². The van der Waals surface area contributed by atoms with E-state index in [1.807, 2.05) is 6.92 Å². The number of hydrogen-bond acceptors (Lipinski definition) is 4. The molecule has 0 aliphatic heterocycles. The van der Waals surface area contributed by atoms with Gasteiger partial charge in [-0.25, -0.2) is 4.79 Å². The summed E-state index contributed by atoms with van der Waals surface area (Å²) < 4.78 is 4.99. The van der Waals surface area contributed by atoms with Crippen molar-refractivity contribution in [2.75, 3.05) is 12.4 Å². The van der Waals surface area contributed by atoms with Gasteiger partial charge in [0, 0.05) is 24.2 Å². The van der Waals surface area contributed by atoms with Crippen molar-refractivity contribution in [1.29, 1.82) is 0 Å². The van der Waals surface area contributed by atoms with Crippen LogP contribution >= 0.6 is 0 Å². The van der Waals surface area contributed by atoms with Crippen LogP contribution in [0, 0.1) is 0 Å². The highest BCUT2D eigenvalue weighted by atomic mass is 16.5. The van der Waals surface area contributed by atoms with Crippen molar-refractivity contribution < 1.29 is 19.4 Å². The highest BCUT2D eigenvalue weighted by Gasteiger charge is 2.12. The number of methoxy groups -OCH3 is 1. The summed E-state index contributed by atoms with van der Waals surface area (Å²) in [4.78, 5) is 22.6. The second-order valence-electron chi connectivity index (χ2n) is 4.64. The molecule has 0 saturated heterocycles. The average molecular weight is 280 g/mol. The summed E-state index contributed by atoms with van der Waals surface area (Å²) in [6.07, 6.45) is 1.88. The molecule has 4 N–H and O–H groups in total. The molecule has 6 nitrogen and oxygen atoms in total. The first-order chi connectivity index (χ1) is 9.43. The largest absolute Gasteiger partial charge is 0.496 e. The van der Waals surface area contributed by atoms with Crippen LogP contribution in [0.3, 0.4) is 0 Å². The van der Waals surface area contributed by atoms with Gasteiger partial charge in [0.1, 0.15) is 11.3 Å². The summed E-state index contributed by atoms with van der Waals surface area (Å²) in [5.74, 6) is -0.988. The van der Waals surface area contributed by atoms with E-state index < -0.39 is 5.97 Å². The van der Waals surface area contributed by atoms with Crippen molar-refractivity contribution in [2.24, 2.45) is 5.73 Å². The standard InChI is InChI=1S/C14H20N2O4/c1-9(15)4-3-5-13(17)16-10-6-7-11(14(18)19)12(8-10)20-2/h6-9H,3-5,15H2,1-2H3,(H,16,17)(H,18,19). The number of ether oxygens (including phenoxy) is 1. The van der Waals surface area contributed by atoms with E-state index in [-0.39, 0.29) is 23.3 Å². The smallest absolute Gasteiger partial charge is 0.339 e. The van der Waals surface area contributed by atoms with Crippen LogP contribution in [-0.2, 0) is 4.79 Å². The lowest BCUT2D eigenvalue weighted by Gasteiger charge is -2.10. The summed E-state index contributed by atoms with van der Waals surface area (Å²) in [6.45, 7) is 1.90. The number of hydrogen-bond donors (Lipinski definition) is 3. The number of nitrogens with one attached hydrogen (secondary N) is 1. The van der Waals surface area contributed by atoms with Crippen LogP contribution in [0.25, 0.3) is 0 Å². The van der Waals surface area contributed by atoms with Gasteiger partial charge in [-0.3, -0.25) is 4.79 Å². The summed E-state index contributed by atoms with van der Waals surface area (Å²) in [6, 6.07) is 4.51. The lowest BCUT2D eigenvalue weighted by atomic mass is 10.1. The van der Waals surface area contributed by atoms with E-state index in [9.17, 15) is 9.59 Å². The van der Waals surface area contributed by atoms with E-state index in [0.717, 1.165) is 6.42 Å². The first-order valence-electron chi connectivity index (χ1n) is 6.40. The molecule has 0 aromatic heterocycles. The normalized spacial score (nSPS) is 11.8. The van der Waals surface area contributed by atoms with Crippen LogP contribution in [0.15, 0.2) is 18.2 Å². The van der Waals surface area contributed by atoms with Crippen LogP contribution in [0.4, 0.5) is 5.69 Å².